The van der Waals surface area contributed by atoms with Gasteiger partial charge in [0.2, 0.25) is 0 Å². The zero-order valence-corrected chi connectivity index (χ0v) is 8.59. The highest BCUT2D eigenvalue weighted by atomic mass is 16.5. The Labute approximate surface area is 78.6 Å². The topological polar surface area (TPSA) is 55.4 Å². The molecule has 0 fully saturated rings. The quantitative estimate of drug-likeness (QED) is 0.722. The molecule has 0 bridgehead atoms. The van der Waals surface area contributed by atoms with Crippen LogP contribution in [-0.4, -0.2) is 24.5 Å². The van der Waals surface area contributed by atoms with E-state index in [2.05, 4.69) is 10.1 Å². The van der Waals surface area contributed by atoms with E-state index in [1.54, 1.807) is 27.7 Å². The number of hydrogen-bond acceptors (Lipinski definition) is 3. The van der Waals surface area contributed by atoms with Crippen molar-refractivity contribution in [2.75, 3.05) is 6.61 Å². The van der Waals surface area contributed by atoms with Gasteiger partial charge in [-0.05, 0) is 13.8 Å². The summed E-state index contributed by atoms with van der Waals surface area (Å²) in [5.74, 6) is -0.0648. The number of nitrogens with one attached hydrogen (secondary N) is 1. The zero-order valence-electron chi connectivity index (χ0n) is 8.59. The third-order valence-electron chi connectivity index (χ3n) is 1.61. The fraction of sp³-hybridized carbons (Fsp3) is 0.778. The SMILES string of the molecule is CCOC(=O)N[C@@H](C)C(=O)C(C)C. The molecule has 13 heavy (non-hydrogen) atoms. The van der Waals surface area contributed by atoms with Crippen molar-refractivity contribution in [3.8, 4) is 0 Å². The van der Waals surface area contributed by atoms with Crippen molar-refractivity contribution in [2.45, 2.75) is 33.7 Å². The lowest BCUT2D eigenvalue weighted by atomic mass is 10.0. The molecule has 4 heteroatoms. The highest BCUT2D eigenvalue weighted by molar-refractivity contribution is 5.88. The normalized spacial score (nSPS) is 12.4. The van der Waals surface area contributed by atoms with Gasteiger partial charge < -0.3 is 10.1 Å². The second kappa shape index (κ2) is 5.56. The largest absolute Gasteiger partial charge is 0.450 e. The summed E-state index contributed by atoms with van der Waals surface area (Å²) in [6.45, 7) is 7.28. The van der Waals surface area contributed by atoms with Crippen LogP contribution >= 0.6 is 0 Å². The Bertz CT molecular complexity index is 189. The standard InChI is InChI=1S/C9H17NO3/c1-5-13-9(12)10-7(4)8(11)6(2)3/h6-7H,5H2,1-4H3,(H,10,12)/t7-/m0/s1. The Morgan fingerprint density at radius 3 is 2.23 bits per heavy atom. The van der Waals surface area contributed by atoms with Crippen LogP contribution in [0.1, 0.15) is 27.7 Å². The summed E-state index contributed by atoms with van der Waals surface area (Å²) in [7, 11) is 0. The van der Waals surface area contributed by atoms with E-state index in [-0.39, 0.29) is 11.7 Å². The molecule has 0 saturated carbocycles. The van der Waals surface area contributed by atoms with Gasteiger partial charge in [0.15, 0.2) is 5.78 Å². The third kappa shape index (κ3) is 4.50. The zero-order chi connectivity index (χ0) is 10.4. The summed E-state index contributed by atoms with van der Waals surface area (Å²) in [6.07, 6.45) is -0.538. The maximum Gasteiger partial charge on any atom is 0.407 e. The van der Waals surface area contributed by atoms with Crippen molar-refractivity contribution in [1.29, 1.82) is 0 Å². The molecule has 0 heterocycles. The van der Waals surface area contributed by atoms with Crippen LogP contribution in [0.25, 0.3) is 0 Å². The number of ether oxygens (including phenoxy) is 1. The van der Waals surface area contributed by atoms with Gasteiger partial charge in [-0.2, -0.15) is 0 Å². The van der Waals surface area contributed by atoms with E-state index in [4.69, 9.17) is 0 Å². The first-order valence-electron chi connectivity index (χ1n) is 4.46. The van der Waals surface area contributed by atoms with Crippen LogP contribution in [0.3, 0.4) is 0 Å². The fourth-order valence-electron chi connectivity index (χ4n) is 0.921. The lowest BCUT2D eigenvalue weighted by Crippen LogP contribution is -2.40. The second-order valence-corrected chi connectivity index (χ2v) is 3.14. The van der Waals surface area contributed by atoms with Gasteiger partial charge in [-0.15, -0.1) is 0 Å². The highest BCUT2D eigenvalue weighted by Crippen LogP contribution is 1.99. The molecule has 0 rings (SSSR count). The molecule has 0 spiro atoms. The summed E-state index contributed by atoms with van der Waals surface area (Å²) in [4.78, 5) is 22.2. The molecule has 0 saturated heterocycles. The van der Waals surface area contributed by atoms with E-state index in [0.29, 0.717) is 6.61 Å². The van der Waals surface area contributed by atoms with Gasteiger partial charge in [-0.3, -0.25) is 4.79 Å². The Morgan fingerprint density at radius 1 is 1.31 bits per heavy atom. The lowest BCUT2D eigenvalue weighted by Gasteiger charge is -2.14. The van der Waals surface area contributed by atoms with E-state index in [1.807, 2.05) is 0 Å². The molecule has 4 nitrogen and oxygen atoms in total. The molecule has 0 aliphatic carbocycles. The second-order valence-electron chi connectivity index (χ2n) is 3.14. The molecule has 0 aromatic carbocycles. The summed E-state index contributed by atoms with van der Waals surface area (Å²) in [5, 5.41) is 2.45. The van der Waals surface area contributed by atoms with Gasteiger partial charge >= 0.3 is 6.09 Å². The van der Waals surface area contributed by atoms with Crippen molar-refractivity contribution in [1.82, 2.24) is 5.32 Å². The van der Waals surface area contributed by atoms with Gasteiger partial charge in [-0.25, -0.2) is 4.79 Å². The number of rotatable bonds is 4. The molecule has 1 amide bonds. The van der Waals surface area contributed by atoms with Gasteiger partial charge in [0, 0.05) is 5.92 Å². The van der Waals surface area contributed by atoms with Crippen LogP contribution in [0.5, 0.6) is 0 Å². The maximum atomic E-state index is 11.3. The van der Waals surface area contributed by atoms with Crippen molar-refractivity contribution >= 4 is 11.9 Å². The smallest absolute Gasteiger partial charge is 0.407 e. The molecule has 0 aromatic heterocycles. The fourth-order valence-corrected chi connectivity index (χ4v) is 0.921. The third-order valence-corrected chi connectivity index (χ3v) is 1.61. The van der Waals surface area contributed by atoms with Gasteiger partial charge in [-0.1, -0.05) is 13.8 Å². The Morgan fingerprint density at radius 2 is 1.85 bits per heavy atom. The molecule has 76 valence electrons. The van der Waals surface area contributed by atoms with Gasteiger partial charge in [0.25, 0.3) is 0 Å². The predicted molar refractivity (Wildman–Crippen MR) is 49.5 cm³/mol. The molecule has 0 radical (unpaired) electrons. The van der Waals surface area contributed by atoms with Crippen LogP contribution in [0.4, 0.5) is 4.79 Å². The molecular formula is C9H17NO3. The van der Waals surface area contributed by atoms with Crippen molar-refractivity contribution in [3.63, 3.8) is 0 Å². The van der Waals surface area contributed by atoms with E-state index in [9.17, 15) is 9.59 Å². The number of alkyl carbamates (subject to hydrolysis) is 1. The minimum Gasteiger partial charge on any atom is -0.450 e. The molecule has 0 unspecified atom stereocenters. The van der Waals surface area contributed by atoms with Crippen molar-refractivity contribution < 1.29 is 14.3 Å². The first-order chi connectivity index (χ1) is 5.99. The maximum absolute atomic E-state index is 11.3. The number of amides is 1. The average molecular weight is 187 g/mol. The Kier molecular flexibility index (Phi) is 5.11. The van der Waals surface area contributed by atoms with Crippen LogP contribution in [0.2, 0.25) is 0 Å². The number of carbonyl (C=O) groups excluding carboxylic acids is 2. The van der Waals surface area contributed by atoms with E-state index in [0.717, 1.165) is 0 Å². The van der Waals surface area contributed by atoms with Crippen LogP contribution < -0.4 is 5.32 Å². The highest BCUT2D eigenvalue weighted by Gasteiger charge is 2.18. The van der Waals surface area contributed by atoms with Gasteiger partial charge in [0.1, 0.15) is 0 Å². The average Bonchev–Trinajstić information content (AvgIpc) is 2.03. The summed E-state index contributed by atoms with van der Waals surface area (Å²) >= 11 is 0. The first-order valence-corrected chi connectivity index (χ1v) is 4.46. The van der Waals surface area contributed by atoms with Crippen LogP contribution in [-0.2, 0) is 9.53 Å². The molecular weight excluding hydrogens is 170 g/mol. The summed E-state index contributed by atoms with van der Waals surface area (Å²) < 4.78 is 4.64. The molecule has 1 N–H and O–H groups in total. The predicted octanol–water partition coefficient (Wildman–Crippen LogP) is 1.35. The van der Waals surface area contributed by atoms with Crippen molar-refractivity contribution in [3.05, 3.63) is 0 Å². The first kappa shape index (κ1) is 11.9. The number of Topliss-reactive ketones (excluding diaryl/α,β-unsaturated/α-hetero) is 1. The van der Waals surface area contributed by atoms with E-state index >= 15 is 0 Å². The monoisotopic (exact) mass is 187 g/mol. The Balaban J connectivity index is 3.92. The van der Waals surface area contributed by atoms with E-state index < -0.39 is 12.1 Å². The molecule has 0 aromatic rings. The van der Waals surface area contributed by atoms with Crippen LogP contribution in [0, 0.1) is 5.92 Å². The number of carbonyl (C=O) groups is 2. The molecule has 1 atom stereocenters. The van der Waals surface area contributed by atoms with Gasteiger partial charge in [0.05, 0.1) is 12.6 Å². The van der Waals surface area contributed by atoms with E-state index in [1.165, 1.54) is 0 Å². The number of hydrogen-bond donors (Lipinski definition) is 1. The minimum atomic E-state index is -0.538. The molecule has 0 aliphatic heterocycles. The minimum absolute atomic E-state index is 0.00746. The number of ketones is 1. The van der Waals surface area contributed by atoms with Crippen LogP contribution in [0.15, 0.2) is 0 Å². The summed E-state index contributed by atoms with van der Waals surface area (Å²) in [6, 6.07) is -0.473. The Hall–Kier alpha value is -1.06. The summed E-state index contributed by atoms with van der Waals surface area (Å²) in [5.41, 5.74) is 0. The molecule has 0 aliphatic rings. The van der Waals surface area contributed by atoms with Crippen molar-refractivity contribution in [2.24, 2.45) is 5.92 Å². The lowest BCUT2D eigenvalue weighted by molar-refractivity contribution is -0.123.